The van der Waals surface area contributed by atoms with Crippen LogP contribution in [0.2, 0.25) is 0 Å². The molecule has 0 bridgehead atoms. The third-order valence-corrected chi connectivity index (χ3v) is 4.19. The second-order valence-electron chi connectivity index (χ2n) is 4.76. The topological polar surface area (TPSA) is 78.0 Å². The minimum absolute atomic E-state index is 0.169. The van der Waals surface area contributed by atoms with Crippen molar-refractivity contribution in [3.63, 3.8) is 0 Å². The standard InChI is InChI=1S/C16H15N3O2S/c20-10-14(11-5-2-1-3-6-11)17-16(21)13-9-12(18-19-13)15-7-4-8-22-15/h1-9,14,20H,10H2,(H,17,21)(H,18,19)/t14-/m1/s1. The Kier molecular flexibility index (Phi) is 4.32. The van der Waals surface area contributed by atoms with E-state index in [1.165, 1.54) is 0 Å². The van der Waals surface area contributed by atoms with Crippen LogP contribution in [0.25, 0.3) is 10.6 Å². The Balaban J connectivity index is 1.74. The molecule has 5 nitrogen and oxygen atoms in total. The number of amides is 1. The number of hydrogen-bond acceptors (Lipinski definition) is 4. The van der Waals surface area contributed by atoms with Crippen molar-refractivity contribution in [2.45, 2.75) is 6.04 Å². The number of benzene rings is 1. The number of thiophene rings is 1. The van der Waals surface area contributed by atoms with E-state index in [2.05, 4.69) is 15.5 Å². The van der Waals surface area contributed by atoms with E-state index >= 15 is 0 Å². The van der Waals surface area contributed by atoms with Gasteiger partial charge in [-0.05, 0) is 23.1 Å². The van der Waals surface area contributed by atoms with E-state index in [4.69, 9.17) is 0 Å². The van der Waals surface area contributed by atoms with Gasteiger partial charge in [0.15, 0.2) is 5.69 Å². The Morgan fingerprint density at radius 1 is 1.27 bits per heavy atom. The minimum Gasteiger partial charge on any atom is -0.394 e. The highest BCUT2D eigenvalue weighted by Gasteiger charge is 2.17. The molecule has 0 aliphatic heterocycles. The lowest BCUT2D eigenvalue weighted by molar-refractivity contribution is 0.0911. The summed E-state index contributed by atoms with van der Waals surface area (Å²) in [6, 6.07) is 14.5. The van der Waals surface area contributed by atoms with Crippen molar-refractivity contribution in [1.29, 1.82) is 0 Å². The maximum absolute atomic E-state index is 12.3. The van der Waals surface area contributed by atoms with E-state index in [0.717, 1.165) is 16.1 Å². The second-order valence-corrected chi connectivity index (χ2v) is 5.71. The molecule has 0 radical (unpaired) electrons. The number of nitrogens with zero attached hydrogens (tertiary/aromatic N) is 1. The van der Waals surface area contributed by atoms with Crippen molar-refractivity contribution in [3.8, 4) is 10.6 Å². The summed E-state index contributed by atoms with van der Waals surface area (Å²) >= 11 is 1.57. The van der Waals surface area contributed by atoms with Gasteiger partial charge in [0.2, 0.25) is 0 Å². The van der Waals surface area contributed by atoms with Gasteiger partial charge in [-0.3, -0.25) is 9.89 Å². The highest BCUT2D eigenvalue weighted by molar-refractivity contribution is 7.13. The Morgan fingerprint density at radius 2 is 2.09 bits per heavy atom. The molecule has 3 rings (SSSR count). The van der Waals surface area contributed by atoms with E-state index in [0.29, 0.717) is 5.69 Å². The van der Waals surface area contributed by atoms with Gasteiger partial charge >= 0.3 is 0 Å². The summed E-state index contributed by atoms with van der Waals surface area (Å²) in [5.41, 5.74) is 1.96. The minimum atomic E-state index is -0.449. The van der Waals surface area contributed by atoms with Gasteiger partial charge in [-0.25, -0.2) is 0 Å². The second kappa shape index (κ2) is 6.55. The third kappa shape index (κ3) is 3.08. The first kappa shape index (κ1) is 14.5. The lowest BCUT2D eigenvalue weighted by Crippen LogP contribution is -2.31. The molecule has 0 fully saturated rings. The van der Waals surface area contributed by atoms with E-state index in [1.54, 1.807) is 17.4 Å². The molecule has 112 valence electrons. The number of nitrogens with one attached hydrogen (secondary N) is 2. The number of rotatable bonds is 5. The van der Waals surface area contributed by atoms with Crippen LogP contribution in [0.1, 0.15) is 22.1 Å². The predicted octanol–water partition coefficient (Wildman–Crippen LogP) is 2.60. The zero-order valence-electron chi connectivity index (χ0n) is 11.7. The zero-order valence-corrected chi connectivity index (χ0v) is 12.5. The quantitative estimate of drug-likeness (QED) is 0.677. The van der Waals surface area contributed by atoms with Gasteiger partial charge in [0, 0.05) is 0 Å². The van der Waals surface area contributed by atoms with Crippen LogP contribution in [0, 0.1) is 0 Å². The molecule has 22 heavy (non-hydrogen) atoms. The van der Waals surface area contributed by atoms with Crippen LogP contribution in [0.5, 0.6) is 0 Å². The Hall–Kier alpha value is -2.44. The van der Waals surface area contributed by atoms with Crippen molar-refractivity contribution < 1.29 is 9.90 Å². The first-order valence-electron chi connectivity index (χ1n) is 6.84. The smallest absolute Gasteiger partial charge is 0.272 e. The van der Waals surface area contributed by atoms with Crippen molar-refractivity contribution in [2.24, 2.45) is 0 Å². The number of aromatic nitrogens is 2. The number of aliphatic hydroxyl groups is 1. The summed E-state index contributed by atoms with van der Waals surface area (Å²) in [6.45, 7) is -0.169. The number of H-pyrrole nitrogens is 1. The number of aromatic amines is 1. The summed E-state index contributed by atoms with van der Waals surface area (Å²) < 4.78 is 0. The lowest BCUT2D eigenvalue weighted by Gasteiger charge is -2.15. The molecule has 0 saturated carbocycles. The summed E-state index contributed by atoms with van der Waals surface area (Å²) in [4.78, 5) is 13.3. The molecular formula is C16H15N3O2S. The van der Waals surface area contributed by atoms with Gasteiger partial charge in [0.05, 0.1) is 23.2 Å². The molecule has 0 saturated heterocycles. The molecule has 1 aromatic carbocycles. The number of carbonyl (C=O) groups is 1. The zero-order chi connectivity index (χ0) is 15.4. The summed E-state index contributed by atoms with van der Waals surface area (Å²) in [6.07, 6.45) is 0. The van der Waals surface area contributed by atoms with E-state index in [9.17, 15) is 9.90 Å². The average Bonchev–Trinajstić information content (AvgIpc) is 3.23. The molecule has 2 aromatic heterocycles. The molecule has 1 amide bonds. The molecule has 2 heterocycles. The van der Waals surface area contributed by atoms with Crippen molar-refractivity contribution in [1.82, 2.24) is 15.5 Å². The van der Waals surface area contributed by atoms with Crippen LogP contribution in [-0.4, -0.2) is 27.8 Å². The molecule has 0 unspecified atom stereocenters. The largest absolute Gasteiger partial charge is 0.394 e. The average molecular weight is 313 g/mol. The molecule has 0 aliphatic rings. The molecular weight excluding hydrogens is 298 g/mol. The normalized spacial score (nSPS) is 12.0. The highest BCUT2D eigenvalue weighted by Crippen LogP contribution is 2.23. The number of aliphatic hydroxyl groups excluding tert-OH is 1. The Morgan fingerprint density at radius 3 is 2.77 bits per heavy atom. The first-order valence-corrected chi connectivity index (χ1v) is 7.72. The van der Waals surface area contributed by atoms with Gasteiger partial charge < -0.3 is 10.4 Å². The van der Waals surface area contributed by atoms with Crippen molar-refractivity contribution in [2.75, 3.05) is 6.61 Å². The van der Waals surface area contributed by atoms with E-state index in [-0.39, 0.29) is 12.5 Å². The molecule has 6 heteroatoms. The van der Waals surface area contributed by atoms with E-state index < -0.39 is 6.04 Å². The van der Waals surface area contributed by atoms with Crippen LogP contribution < -0.4 is 5.32 Å². The maximum Gasteiger partial charge on any atom is 0.272 e. The SMILES string of the molecule is O=C(N[C@H](CO)c1ccccc1)c1cc(-c2cccs2)[nH]n1. The summed E-state index contributed by atoms with van der Waals surface area (Å²) in [7, 11) is 0. The predicted molar refractivity (Wildman–Crippen MR) is 85.6 cm³/mol. The van der Waals surface area contributed by atoms with Crippen LogP contribution in [-0.2, 0) is 0 Å². The molecule has 3 N–H and O–H groups in total. The molecule has 1 atom stereocenters. The maximum atomic E-state index is 12.3. The lowest BCUT2D eigenvalue weighted by atomic mass is 10.1. The Bertz CT molecular complexity index is 738. The van der Waals surface area contributed by atoms with Crippen LogP contribution in [0.3, 0.4) is 0 Å². The number of hydrogen-bond donors (Lipinski definition) is 3. The first-order chi connectivity index (χ1) is 10.8. The van der Waals surface area contributed by atoms with Crippen molar-refractivity contribution >= 4 is 17.2 Å². The van der Waals surface area contributed by atoms with Crippen LogP contribution >= 0.6 is 11.3 Å². The van der Waals surface area contributed by atoms with Gasteiger partial charge in [-0.15, -0.1) is 11.3 Å². The fourth-order valence-corrected chi connectivity index (χ4v) is 2.84. The highest BCUT2D eigenvalue weighted by atomic mass is 32.1. The van der Waals surface area contributed by atoms with Gasteiger partial charge in [0.1, 0.15) is 0 Å². The molecule has 3 aromatic rings. The summed E-state index contributed by atoms with van der Waals surface area (Å²) in [5.74, 6) is -0.318. The monoisotopic (exact) mass is 313 g/mol. The fourth-order valence-electron chi connectivity index (χ4n) is 2.15. The fraction of sp³-hybridized carbons (Fsp3) is 0.125. The number of carbonyl (C=O) groups excluding carboxylic acids is 1. The van der Waals surface area contributed by atoms with Gasteiger partial charge in [-0.2, -0.15) is 5.10 Å². The summed E-state index contributed by atoms with van der Waals surface area (Å²) in [5, 5.41) is 21.1. The van der Waals surface area contributed by atoms with Crippen LogP contribution in [0.15, 0.2) is 53.9 Å². The van der Waals surface area contributed by atoms with Crippen LogP contribution in [0.4, 0.5) is 0 Å². The van der Waals surface area contributed by atoms with E-state index in [1.807, 2.05) is 47.8 Å². The van der Waals surface area contributed by atoms with Gasteiger partial charge in [-0.1, -0.05) is 36.4 Å². The molecule has 0 spiro atoms. The molecule has 0 aliphatic carbocycles. The third-order valence-electron chi connectivity index (χ3n) is 3.29. The van der Waals surface area contributed by atoms with Gasteiger partial charge in [0.25, 0.3) is 5.91 Å². The van der Waals surface area contributed by atoms with Crippen molar-refractivity contribution in [3.05, 3.63) is 65.2 Å². The Labute approximate surface area is 131 Å².